The fraction of sp³-hybridized carbons (Fsp3) is 0.556. The first kappa shape index (κ1) is 19.8. The highest BCUT2D eigenvalue weighted by Gasteiger charge is 2.20. The van der Waals surface area contributed by atoms with Gasteiger partial charge in [0.25, 0.3) is 0 Å². The Morgan fingerprint density at radius 3 is 1.25 bits per heavy atom. The Balaban J connectivity index is 3.56. The number of anilines is 2. The molecular weight excluding hydrogens is 308 g/mol. The van der Waals surface area contributed by atoms with E-state index in [1.165, 1.54) is 13.8 Å². The van der Waals surface area contributed by atoms with Crippen LogP contribution >= 0.6 is 0 Å². The highest BCUT2D eigenvalue weighted by molar-refractivity contribution is 5.80. The maximum Gasteiger partial charge on any atom is 0.308 e. The van der Waals surface area contributed by atoms with E-state index in [0.717, 1.165) is 37.6 Å². The number of nitrogens with zero attached hydrogens (tertiary/aromatic N) is 2. The monoisotopic (exact) mass is 336 g/mol. The molecule has 0 N–H and O–H groups in total. The van der Waals surface area contributed by atoms with Gasteiger partial charge in [0.2, 0.25) is 0 Å². The van der Waals surface area contributed by atoms with Gasteiger partial charge < -0.3 is 19.3 Å². The van der Waals surface area contributed by atoms with Crippen molar-refractivity contribution in [2.24, 2.45) is 0 Å². The third-order valence-electron chi connectivity index (χ3n) is 3.76. The lowest BCUT2D eigenvalue weighted by Gasteiger charge is -2.28. The lowest BCUT2D eigenvalue weighted by atomic mass is 10.2. The van der Waals surface area contributed by atoms with Crippen molar-refractivity contribution in [1.29, 1.82) is 0 Å². The Labute approximate surface area is 144 Å². The molecule has 0 heterocycles. The van der Waals surface area contributed by atoms with E-state index >= 15 is 0 Å². The molecule has 0 saturated carbocycles. The van der Waals surface area contributed by atoms with Crippen molar-refractivity contribution < 1.29 is 19.1 Å². The lowest BCUT2D eigenvalue weighted by Crippen LogP contribution is -2.26. The maximum atomic E-state index is 11.5. The number of carbonyl (C=O) groups excluding carboxylic acids is 2. The summed E-state index contributed by atoms with van der Waals surface area (Å²) < 4.78 is 10.8. The number of benzene rings is 1. The molecule has 0 radical (unpaired) electrons. The van der Waals surface area contributed by atoms with Gasteiger partial charge in [0.1, 0.15) is 0 Å². The maximum absolute atomic E-state index is 11.5. The van der Waals surface area contributed by atoms with Crippen LogP contribution in [-0.4, -0.2) is 38.1 Å². The normalized spacial score (nSPS) is 10.2. The third-order valence-corrected chi connectivity index (χ3v) is 3.76. The van der Waals surface area contributed by atoms with Gasteiger partial charge >= 0.3 is 11.9 Å². The summed E-state index contributed by atoms with van der Waals surface area (Å²) in [5.74, 6) is 0.191. The molecule has 1 aromatic carbocycles. The average Bonchev–Trinajstić information content (AvgIpc) is 2.51. The highest BCUT2D eigenvalue weighted by Crippen LogP contribution is 2.40. The van der Waals surface area contributed by atoms with Gasteiger partial charge in [0, 0.05) is 52.2 Å². The molecule has 0 aliphatic carbocycles. The predicted molar refractivity (Wildman–Crippen MR) is 96.2 cm³/mol. The Hall–Kier alpha value is -2.24. The smallest absolute Gasteiger partial charge is 0.308 e. The highest BCUT2D eigenvalue weighted by atomic mass is 16.5. The van der Waals surface area contributed by atoms with Crippen LogP contribution in [0.3, 0.4) is 0 Å². The van der Waals surface area contributed by atoms with Gasteiger partial charge in [-0.25, -0.2) is 0 Å². The molecule has 0 bridgehead atoms. The zero-order valence-corrected chi connectivity index (χ0v) is 15.5. The second-order valence-corrected chi connectivity index (χ2v) is 5.32. The molecule has 0 unspecified atom stereocenters. The summed E-state index contributed by atoms with van der Waals surface area (Å²) in [5.41, 5.74) is 1.48. The summed E-state index contributed by atoms with van der Waals surface area (Å²) in [7, 11) is 0. The van der Waals surface area contributed by atoms with Crippen LogP contribution in [0, 0.1) is 0 Å². The van der Waals surface area contributed by atoms with E-state index in [1.54, 1.807) is 12.1 Å². The molecule has 0 saturated heterocycles. The quantitative estimate of drug-likeness (QED) is 0.536. The van der Waals surface area contributed by atoms with Crippen molar-refractivity contribution in [3.63, 3.8) is 0 Å². The van der Waals surface area contributed by atoms with Gasteiger partial charge in [-0.2, -0.15) is 0 Å². The Kier molecular flexibility index (Phi) is 7.55. The number of hydrogen-bond acceptors (Lipinski definition) is 6. The zero-order chi connectivity index (χ0) is 18.3. The molecule has 1 rings (SSSR count). The van der Waals surface area contributed by atoms with Crippen LogP contribution in [0.1, 0.15) is 41.5 Å². The minimum atomic E-state index is -0.380. The fourth-order valence-corrected chi connectivity index (χ4v) is 2.63. The predicted octanol–water partition coefficient (Wildman–Crippen LogP) is 3.23. The van der Waals surface area contributed by atoms with Crippen LogP contribution in [0.5, 0.6) is 11.5 Å². The van der Waals surface area contributed by atoms with Gasteiger partial charge in [-0.15, -0.1) is 0 Å². The summed E-state index contributed by atoms with van der Waals surface area (Å²) in [6.07, 6.45) is 0. The molecular formula is C18H28N2O4. The topological polar surface area (TPSA) is 59.1 Å². The van der Waals surface area contributed by atoms with Crippen molar-refractivity contribution in [1.82, 2.24) is 0 Å². The number of esters is 2. The first-order valence-corrected chi connectivity index (χ1v) is 8.42. The summed E-state index contributed by atoms with van der Waals surface area (Å²) in [5, 5.41) is 0. The van der Waals surface area contributed by atoms with Crippen LogP contribution in [0.2, 0.25) is 0 Å². The Morgan fingerprint density at radius 2 is 1.04 bits per heavy atom. The van der Waals surface area contributed by atoms with Crippen molar-refractivity contribution in [3.8, 4) is 11.5 Å². The Bertz CT molecular complexity index is 527. The molecule has 134 valence electrons. The van der Waals surface area contributed by atoms with Crippen molar-refractivity contribution in [3.05, 3.63) is 12.1 Å². The van der Waals surface area contributed by atoms with Crippen LogP contribution in [0.4, 0.5) is 11.4 Å². The van der Waals surface area contributed by atoms with E-state index in [0.29, 0.717) is 11.5 Å². The molecule has 0 aliphatic heterocycles. The van der Waals surface area contributed by atoms with Crippen molar-refractivity contribution in [2.75, 3.05) is 36.0 Å². The van der Waals surface area contributed by atoms with E-state index in [4.69, 9.17) is 9.47 Å². The number of rotatable bonds is 8. The molecule has 6 nitrogen and oxygen atoms in total. The molecule has 0 fully saturated rings. The molecule has 0 spiro atoms. The molecule has 0 aliphatic rings. The van der Waals surface area contributed by atoms with Crippen LogP contribution in [0.25, 0.3) is 0 Å². The number of ether oxygens (including phenoxy) is 2. The van der Waals surface area contributed by atoms with Gasteiger partial charge in [-0.05, 0) is 27.7 Å². The summed E-state index contributed by atoms with van der Waals surface area (Å²) in [6.45, 7) is 13.8. The molecule has 1 aromatic rings. The van der Waals surface area contributed by atoms with Gasteiger partial charge in [0.15, 0.2) is 11.5 Å². The van der Waals surface area contributed by atoms with Crippen LogP contribution < -0.4 is 19.3 Å². The first-order chi connectivity index (χ1) is 11.4. The van der Waals surface area contributed by atoms with Crippen molar-refractivity contribution in [2.45, 2.75) is 41.5 Å². The molecule has 0 atom stereocenters. The van der Waals surface area contributed by atoms with E-state index in [2.05, 4.69) is 9.80 Å². The van der Waals surface area contributed by atoms with E-state index in [-0.39, 0.29) is 11.9 Å². The van der Waals surface area contributed by atoms with Crippen molar-refractivity contribution >= 4 is 23.3 Å². The Morgan fingerprint density at radius 1 is 0.750 bits per heavy atom. The average molecular weight is 336 g/mol. The molecule has 24 heavy (non-hydrogen) atoms. The summed E-state index contributed by atoms with van der Waals surface area (Å²) in [4.78, 5) is 27.1. The molecule has 6 heteroatoms. The minimum absolute atomic E-state index is 0.380. The second kappa shape index (κ2) is 9.15. The lowest BCUT2D eigenvalue weighted by molar-refractivity contribution is -0.133. The van der Waals surface area contributed by atoms with Gasteiger partial charge in [0.05, 0.1) is 11.4 Å². The fourth-order valence-electron chi connectivity index (χ4n) is 2.63. The molecule has 0 amide bonds. The largest absolute Gasteiger partial charge is 0.424 e. The first-order valence-electron chi connectivity index (χ1n) is 8.42. The van der Waals surface area contributed by atoms with E-state index in [9.17, 15) is 9.59 Å². The SMILES string of the molecule is CCN(CC)c1cc(OC(C)=O)c(N(CC)CC)cc1OC(C)=O. The summed E-state index contributed by atoms with van der Waals surface area (Å²) >= 11 is 0. The number of carbonyl (C=O) groups is 2. The second-order valence-electron chi connectivity index (χ2n) is 5.32. The van der Waals surface area contributed by atoms with Crippen LogP contribution in [-0.2, 0) is 9.59 Å². The van der Waals surface area contributed by atoms with Gasteiger partial charge in [-0.3, -0.25) is 9.59 Å². The number of hydrogen-bond donors (Lipinski definition) is 0. The summed E-state index contributed by atoms with van der Waals surface area (Å²) in [6, 6.07) is 3.56. The van der Waals surface area contributed by atoms with Gasteiger partial charge in [-0.1, -0.05) is 0 Å². The third kappa shape index (κ3) is 4.88. The zero-order valence-electron chi connectivity index (χ0n) is 15.5. The van der Waals surface area contributed by atoms with Crippen LogP contribution in [0.15, 0.2) is 12.1 Å². The van der Waals surface area contributed by atoms with E-state index in [1.807, 2.05) is 27.7 Å². The molecule has 0 aromatic heterocycles. The minimum Gasteiger partial charge on any atom is -0.424 e. The van der Waals surface area contributed by atoms with E-state index < -0.39 is 0 Å². The standard InChI is InChI=1S/C18H28N2O4/c1-7-19(8-2)15-11-18(24-14(6)22)16(20(9-3)10-4)12-17(15)23-13(5)21/h11-12H,7-10H2,1-6H3.